The molecule has 2 aromatic carbocycles. The minimum Gasteiger partial charge on any atom is -0.494 e. The molecule has 0 spiro atoms. The van der Waals surface area contributed by atoms with Crippen molar-refractivity contribution >= 4 is 22.6 Å². The highest BCUT2D eigenvalue weighted by atomic mass is 16.5. The van der Waals surface area contributed by atoms with Gasteiger partial charge in [0, 0.05) is 11.1 Å². The van der Waals surface area contributed by atoms with Gasteiger partial charge in [0.2, 0.25) is 0 Å². The minimum atomic E-state index is -0.266. The fourth-order valence-electron chi connectivity index (χ4n) is 2.27. The van der Waals surface area contributed by atoms with E-state index in [2.05, 4.69) is 5.32 Å². The second-order valence-corrected chi connectivity index (χ2v) is 5.06. The molecule has 1 amide bonds. The van der Waals surface area contributed by atoms with Crippen LogP contribution in [0.2, 0.25) is 0 Å². The summed E-state index contributed by atoms with van der Waals surface area (Å²) in [7, 11) is 0. The van der Waals surface area contributed by atoms with Gasteiger partial charge in [0.25, 0.3) is 5.91 Å². The molecule has 1 heterocycles. The van der Waals surface area contributed by atoms with E-state index in [1.54, 1.807) is 18.2 Å². The van der Waals surface area contributed by atoms with E-state index in [1.807, 2.05) is 44.2 Å². The number of carbonyl (C=O) groups excluding carboxylic acids is 1. The van der Waals surface area contributed by atoms with Crippen molar-refractivity contribution in [1.29, 1.82) is 0 Å². The van der Waals surface area contributed by atoms with Crippen LogP contribution in [-0.2, 0) is 0 Å². The summed E-state index contributed by atoms with van der Waals surface area (Å²) in [5.74, 6) is 0.812. The summed E-state index contributed by atoms with van der Waals surface area (Å²) in [6.45, 7) is 4.55. The molecule has 4 nitrogen and oxygen atoms in total. The Morgan fingerprint density at radius 3 is 2.64 bits per heavy atom. The maximum Gasteiger partial charge on any atom is 0.291 e. The van der Waals surface area contributed by atoms with Gasteiger partial charge in [-0.2, -0.15) is 0 Å². The highest BCUT2D eigenvalue weighted by Crippen LogP contribution is 2.22. The first kappa shape index (κ1) is 14.2. The number of nitrogens with one attached hydrogen (secondary N) is 1. The molecule has 0 fully saturated rings. The van der Waals surface area contributed by atoms with E-state index in [1.165, 1.54) is 0 Å². The van der Waals surface area contributed by atoms with Crippen LogP contribution in [-0.4, -0.2) is 12.5 Å². The Bertz CT molecular complexity index is 803. The van der Waals surface area contributed by atoms with Gasteiger partial charge in [-0.1, -0.05) is 11.6 Å². The van der Waals surface area contributed by atoms with Crippen molar-refractivity contribution < 1.29 is 13.9 Å². The zero-order valence-corrected chi connectivity index (χ0v) is 12.6. The van der Waals surface area contributed by atoms with Crippen molar-refractivity contribution in [3.8, 4) is 5.75 Å². The van der Waals surface area contributed by atoms with Crippen LogP contribution in [0.5, 0.6) is 5.75 Å². The Labute approximate surface area is 128 Å². The second-order valence-electron chi connectivity index (χ2n) is 5.06. The van der Waals surface area contributed by atoms with E-state index in [-0.39, 0.29) is 5.91 Å². The van der Waals surface area contributed by atoms with E-state index in [9.17, 15) is 4.79 Å². The third-order valence-corrected chi connectivity index (χ3v) is 3.32. The number of furan rings is 1. The van der Waals surface area contributed by atoms with Crippen molar-refractivity contribution in [2.24, 2.45) is 0 Å². The van der Waals surface area contributed by atoms with Crippen molar-refractivity contribution in [1.82, 2.24) is 0 Å². The normalized spacial score (nSPS) is 10.6. The molecule has 4 heteroatoms. The number of ether oxygens (including phenoxy) is 1. The van der Waals surface area contributed by atoms with Crippen molar-refractivity contribution in [3.63, 3.8) is 0 Å². The summed E-state index contributed by atoms with van der Waals surface area (Å²) in [5, 5.41) is 3.74. The van der Waals surface area contributed by atoms with Gasteiger partial charge in [-0.25, -0.2) is 0 Å². The molecule has 22 heavy (non-hydrogen) atoms. The van der Waals surface area contributed by atoms with Crippen LogP contribution in [0.15, 0.2) is 52.9 Å². The lowest BCUT2D eigenvalue weighted by Crippen LogP contribution is -2.10. The number of hydrogen-bond donors (Lipinski definition) is 1. The molecule has 112 valence electrons. The molecule has 0 atom stereocenters. The molecule has 1 aromatic heterocycles. The first-order valence-electron chi connectivity index (χ1n) is 7.20. The number of carbonyl (C=O) groups is 1. The van der Waals surface area contributed by atoms with Crippen LogP contribution in [0.25, 0.3) is 11.0 Å². The second kappa shape index (κ2) is 5.93. The quantitative estimate of drug-likeness (QED) is 0.776. The molecular formula is C18H17NO3. The Hall–Kier alpha value is -2.75. The molecule has 0 aliphatic carbocycles. The third kappa shape index (κ3) is 2.96. The molecule has 0 aliphatic heterocycles. The van der Waals surface area contributed by atoms with Gasteiger partial charge < -0.3 is 14.5 Å². The van der Waals surface area contributed by atoms with E-state index in [4.69, 9.17) is 9.15 Å². The van der Waals surface area contributed by atoms with Crippen LogP contribution < -0.4 is 10.1 Å². The van der Waals surface area contributed by atoms with Gasteiger partial charge in [-0.15, -0.1) is 0 Å². The van der Waals surface area contributed by atoms with Gasteiger partial charge in [0.05, 0.1) is 6.61 Å². The molecule has 3 rings (SSSR count). The van der Waals surface area contributed by atoms with E-state index in [0.717, 1.165) is 16.7 Å². The zero-order valence-electron chi connectivity index (χ0n) is 12.6. The fraction of sp³-hybridized carbons (Fsp3) is 0.167. The van der Waals surface area contributed by atoms with E-state index < -0.39 is 0 Å². The van der Waals surface area contributed by atoms with Gasteiger partial charge in [0.1, 0.15) is 11.3 Å². The van der Waals surface area contributed by atoms with Gasteiger partial charge in [0.15, 0.2) is 5.76 Å². The zero-order chi connectivity index (χ0) is 15.5. The lowest BCUT2D eigenvalue weighted by Gasteiger charge is -2.05. The van der Waals surface area contributed by atoms with Gasteiger partial charge in [-0.3, -0.25) is 4.79 Å². The Balaban J connectivity index is 1.77. The molecule has 0 aliphatic rings. The van der Waals surface area contributed by atoms with Gasteiger partial charge in [-0.05, 0) is 56.3 Å². The number of aryl methyl sites for hydroxylation is 1. The highest BCUT2D eigenvalue weighted by Gasteiger charge is 2.12. The number of amides is 1. The van der Waals surface area contributed by atoms with E-state index >= 15 is 0 Å². The molecule has 0 unspecified atom stereocenters. The number of anilines is 1. The Kier molecular flexibility index (Phi) is 3.83. The smallest absolute Gasteiger partial charge is 0.291 e. The molecule has 1 N–H and O–H groups in total. The monoisotopic (exact) mass is 295 g/mol. The SMILES string of the molecule is CCOc1ccc(NC(=O)c2cc3cc(C)ccc3o2)cc1. The summed E-state index contributed by atoms with van der Waals surface area (Å²) in [4.78, 5) is 12.2. The molecule has 3 aromatic rings. The van der Waals surface area contributed by atoms with E-state index in [0.29, 0.717) is 23.6 Å². The lowest BCUT2D eigenvalue weighted by atomic mass is 10.2. The maximum atomic E-state index is 12.2. The van der Waals surface area contributed by atoms with Gasteiger partial charge >= 0.3 is 0 Å². The molecular weight excluding hydrogens is 278 g/mol. The maximum absolute atomic E-state index is 12.2. The first-order chi connectivity index (χ1) is 10.7. The average molecular weight is 295 g/mol. The summed E-state index contributed by atoms with van der Waals surface area (Å²) >= 11 is 0. The van der Waals surface area contributed by atoms with Crippen molar-refractivity contribution in [3.05, 3.63) is 59.9 Å². The molecule has 0 saturated carbocycles. The summed E-state index contributed by atoms with van der Waals surface area (Å²) in [5.41, 5.74) is 2.54. The van der Waals surface area contributed by atoms with Crippen LogP contribution in [0, 0.1) is 6.92 Å². The fourth-order valence-corrected chi connectivity index (χ4v) is 2.27. The third-order valence-electron chi connectivity index (χ3n) is 3.32. The topological polar surface area (TPSA) is 51.5 Å². The summed E-state index contributed by atoms with van der Waals surface area (Å²) in [6.07, 6.45) is 0. The summed E-state index contributed by atoms with van der Waals surface area (Å²) in [6, 6.07) is 14.8. The minimum absolute atomic E-state index is 0.266. The molecule has 0 bridgehead atoms. The largest absolute Gasteiger partial charge is 0.494 e. The highest BCUT2D eigenvalue weighted by molar-refractivity contribution is 6.04. The van der Waals surface area contributed by atoms with Crippen molar-refractivity contribution in [2.75, 3.05) is 11.9 Å². The molecule has 0 saturated heterocycles. The Morgan fingerprint density at radius 1 is 1.14 bits per heavy atom. The summed E-state index contributed by atoms with van der Waals surface area (Å²) < 4.78 is 11.0. The van der Waals surface area contributed by atoms with Crippen LogP contribution in [0.3, 0.4) is 0 Å². The first-order valence-corrected chi connectivity index (χ1v) is 7.20. The Morgan fingerprint density at radius 2 is 1.91 bits per heavy atom. The predicted octanol–water partition coefficient (Wildman–Crippen LogP) is 4.39. The number of fused-ring (bicyclic) bond motifs is 1. The number of rotatable bonds is 4. The average Bonchev–Trinajstić information content (AvgIpc) is 2.92. The standard InChI is InChI=1S/C18H17NO3/c1-3-21-15-7-5-14(6-8-15)19-18(20)17-11-13-10-12(2)4-9-16(13)22-17/h4-11H,3H2,1-2H3,(H,19,20). The van der Waals surface area contributed by atoms with Crippen LogP contribution in [0.4, 0.5) is 5.69 Å². The lowest BCUT2D eigenvalue weighted by molar-refractivity contribution is 0.0998. The molecule has 0 radical (unpaired) electrons. The van der Waals surface area contributed by atoms with Crippen LogP contribution in [0.1, 0.15) is 23.0 Å². The van der Waals surface area contributed by atoms with Crippen LogP contribution >= 0.6 is 0 Å². The number of benzene rings is 2. The number of hydrogen-bond acceptors (Lipinski definition) is 3. The predicted molar refractivity (Wildman–Crippen MR) is 86.5 cm³/mol. The van der Waals surface area contributed by atoms with Crippen molar-refractivity contribution in [2.45, 2.75) is 13.8 Å².